The topological polar surface area (TPSA) is 70.5 Å². The van der Waals surface area contributed by atoms with Crippen LogP contribution >= 0.6 is 0 Å². The number of hydrogen-bond acceptors (Lipinski definition) is 4. The van der Waals surface area contributed by atoms with E-state index in [2.05, 4.69) is 38.1 Å². The second-order valence-electron chi connectivity index (χ2n) is 8.43. The summed E-state index contributed by atoms with van der Waals surface area (Å²) in [4.78, 5) is 0. The van der Waals surface area contributed by atoms with E-state index < -0.39 is 0 Å². The third kappa shape index (κ3) is 5.84. The van der Waals surface area contributed by atoms with Crippen LogP contribution in [-0.2, 0) is 25.7 Å². The molecule has 0 radical (unpaired) electrons. The zero-order valence-corrected chi connectivity index (χ0v) is 18.8. The molecule has 0 bridgehead atoms. The average molecular weight is 411 g/mol. The van der Waals surface area contributed by atoms with Crippen molar-refractivity contribution >= 4 is 11.4 Å². The van der Waals surface area contributed by atoms with Crippen molar-refractivity contribution in [3.8, 4) is 11.5 Å². The highest BCUT2D eigenvalue weighted by Crippen LogP contribution is 2.32. The Morgan fingerprint density at radius 2 is 0.933 bits per heavy atom. The number of anilines is 2. The molecule has 0 amide bonds. The number of benzene rings is 2. The first-order chi connectivity index (χ1) is 14.6. The number of nitrogens with two attached hydrogens (primary N) is 2. The predicted octanol–water partition coefficient (Wildman–Crippen LogP) is 5.87. The number of rotatable bonds is 6. The van der Waals surface area contributed by atoms with Gasteiger partial charge in [-0.1, -0.05) is 13.8 Å². The fourth-order valence-electron chi connectivity index (χ4n) is 4.24. The van der Waals surface area contributed by atoms with Gasteiger partial charge in [0.25, 0.3) is 0 Å². The maximum absolute atomic E-state index is 5.96. The molecule has 0 aromatic heterocycles. The van der Waals surface area contributed by atoms with E-state index in [1.165, 1.54) is 73.6 Å². The van der Waals surface area contributed by atoms with Crippen molar-refractivity contribution in [1.82, 2.24) is 0 Å². The van der Waals surface area contributed by atoms with Crippen molar-refractivity contribution in [3.05, 3.63) is 46.5 Å². The normalized spacial score (nSPS) is 14.7. The minimum absolute atomic E-state index is 0.753. The van der Waals surface area contributed by atoms with Crippen molar-refractivity contribution in [2.24, 2.45) is 0 Å². The Balaban J connectivity index is 0.000000171. The highest BCUT2D eigenvalue weighted by atomic mass is 16.5. The van der Waals surface area contributed by atoms with E-state index in [9.17, 15) is 0 Å². The van der Waals surface area contributed by atoms with E-state index in [4.69, 9.17) is 20.9 Å². The van der Waals surface area contributed by atoms with Crippen LogP contribution in [0.5, 0.6) is 11.5 Å². The maximum Gasteiger partial charge on any atom is 0.142 e. The molecule has 2 aromatic rings. The molecule has 4 heteroatoms. The van der Waals surface area contributed by atoms with Crippen molar-refractivity contribution < 1.29 is 9.47 Å². The summed E-state index contributed by atoms with van der Waals surface area (Å²) in [5.41, 5.74) is 19.2. The molecule has 0 fully saturated rings. The molecular weight excluding hydrogens is 372 g/mol. The summed E-state index contributed by atoms with van der Waals surface area (Å²) in [5, 5.41) is 0. The summed E-state index contributed by atoms with van der Waals surface area (Å²) >= 11 is 0. The van der Waals surface area contributed by atoms with Crippen LogP contribution in [0.4, 0.5) is 11.4 Å². The minimum atomic E-state index is 0.753. The molecule has 0 saturated heterocycles. The number of ether oxygens (including phenoxy) is 2. The number of aryl methyl sites for hydroxylation is 4. The highest BCUT2D eigenvalue weighted by Gasteiger charge is 2.13. The van der Waals surface area contributed by atoms with Gasteiger partial charge >= 0.3 is 0 Å². The van der Waals surface area contributed by atoms with Gasteiger partial charge in [0.2, 0.25) is 0 Å². The van der Waals surface area contributed by atoms with Crippen molar-refractivity contribution in [1.29, 1.82) is 0 Å². The zero-order chi connectivity index (χ0) is 21.3. The van der Waals surface area contributed by atoms with Gasteiger partial charge in [-0.05, 0) is 111 Å². The fraction of sp³-hybridized carbons (Fsp3) is 0.538. The van der Waals surface area contributed by atoms with E-state index in [1.54, 1.807) is 0 Å². The van der Waals surface area contributed by atoms with Crippen molar-refractivity contribution in [2.45, 2.75) is 78.1 Å². The second kappa shape index (κ2) is 11.1. The first kappa shape index (κ1) is 22.3. The first-order valence-electron chi connectivity index (χ1n) is 11.7. The molecule has 0 aliphatic heterocycles. The van der Waals surface area contributed by atoms with Gasteiger partial charge in [-0.2, -0.15) is 0 Å². The lowest BCUT2D eigenvalue weighted by Crippen LogP contribution is -2.06. The molecule has 4 rings (SSSR count). The molecule has 4 N–H and O–H groups in total. The van der Waals surface area contributed by atoms with E-state index in [-0.39, 0.29) is 0 Å². The fourth-order valence-corrected chi connectivity index (χ4v) is 4.24. The molecule has 0 atom stereocenters. The van der Waals surface area contributed by atoms with E-state index in [0.717, 1.165) is 48.9 Å². The van der Waals surface area contributed by atoms with Crippen LogP contribution in [0, 0.1) is 0 Å². The quantitative estimate of drug-likeness (QED) is 0.584. The first-order valence-corrected chi connectivity index (χ1v) is 11.7. The molecule has 0 spiro atoms. The van der Waals surface area contributed by atoms with Gasteiger partial charge < -0.3 is 20.9 Å². The van der Waals surface area contributed by atoms with Gasteiger partial charge in [0.05, 0.1) is 24.6 Å². The summed E-state index contributed by atoms with van der Waals surface area (Å²) < 4.78 is 11.3. The van der Waals surface area contributed by atoms with E-state index in [0.29, 0.717) is 0 Å². The van der Waals surface area contributed by atoms with Crippen LogP contribution in [-0.4, -0.2) is 13.2 Å². The Kier molecular flexibility index (Phi) is 8.30. The molecule has 0 heterocycles. The van der Waals surface area contributed by atoms with Crippen LogP contribution in [0.2, 0.25) is 0 Å². The molecule has 0 unspecified atom stereocenters. The Bertz CT molecular complexity index is 763. The lowest BCUT2D eigenvalue weighted by molar-refractivity contribution is 0.318. The highest BCUT2D eigenvalue weighted by molar-refractivity contribution is 5.58. The summed E-state index contributed by atoms with van der Waals surface area (Å²) in [6, 6.07) is 8.47. The van der Waals surface area contributed by atoms with Crippen molar-refractivity contribution in [3.63, 3.8) is 0 Å². The molecule has 2 aliphatic carbocycles. The Labute approximate surface area is 181 Å². The second-order valence-corrected chi connectivity index (χ2v) is 8.43. The monoisotopic (exact) mass is 410 g/mol. The van der Waals surface area contributed by atoms with Crippen molar-refractivity contribution in [2.75, 3.05) is 24.7 Å². The van der Waals surface area contributed by atoms with Crippen LogP contribution in [0.15, 0.2) is 24.3 Å². The number of hydrogen-bond donors (Lipinski definition) is 2. The number of nitrogen functional groups attached to an aromatic ring is 2. The third-order valence-electron chi connectivity index (χ3n) is 5.87. The largest absolute Gasteiger partial charge is 0.491 e. The molecule has 30 heavy (non-hydrogen) atoms. The van der Waals surface area contributed by atoms with E-state index in [1.807, 2.05) is 0 Å². The van der Waals surface area contributed by atoms with Gasteiger partial charge in [0.15, 0.2) is 0 Å². The molecule has 0 saturated carbocycles. The van der Waals surface area contributed by atoms with E-state index >= 15 is 0 Å². The lowest BCUT2D eigenvalue weighted by Gasteiger charge is -2.18. The van der Waals surface area contributed by atoms with Gasteiger partial charge in [0.1, 0.15) is 11.5 Å². The average Bonchev–Trinajstić information content (AvgIpc) is 2.76. The zero-order valence-electron chi connectivity index (χ0n) is 18.8. The van der Waals surface area contributed by atoms with Crippen LogP contribution in [0.1, 0.15) is 74.6 Å². The smallest absolute Gasteiger partial charge is 0.142 e. The lowest BCUT2D eigenvalue weighted by atomic mass is 9.91. The molecular formula is C26H38N2O2. The van der Waals surface area contributed by atoms with Gasteiger partial charge in [-0.25, -0.2) is 0 Å². The van der Waals surface area contributed by atoms with Gasteiger partial charge in [-0.15, -0.1) is 0 Å². The maximum atomic E-state index is 5.96. The SMILES string of the molecule is CCCOc1cc2c(cc1N)CCCC2.CCCOc1cc2c(cc1N)CCCC2. The minimum Gasteiger partial charge on any atom is -0.491 e. The molecule has 4 nitrogen and oxygen atoms in total. The molecule has 164 valence electrons. The van der Waals surface area contributed by atoms with Crippen LogP contribution < -0.4 is 20.9 Å². The van der Waals surface area contributed by atoms with Crippen LogP contribution in [0.25, 0.3) is 0 Å². The summed E-state index contributed by atoms with van der Waals surface area (Å²) in [5.74, 6) is 1.75. The summed E-state index contributed by atoms with van der Waals surface area (Å²) in [7, 11) is 0. The Hall–Kier alpha value is -2.36. The Morgan fingerprint density at radius 1 is 0.600 bits per heavy atom. The Morgan fingerprint density at radius 3 is 1.27 bits per heavy atom. The summed E-state index contributed by atoms with van der Waals surface area (Å²) in [6.45, 7) is 5.72. The van der Waals surface area contributed by atoms with Gasteiger partial charge in [-0.3, -0.25) is 0 Å². The standard InChI is InChI=1S/2C13H19NO/c2*1-2-7-15-13-9-11-6-4-3-5-10(11)8-12(13)14/h2*8-9H,2-7,14H2,1H3. The third-order valence-corrected chi connectivity index (χ3v) is 5.87. The molecule has 2 aliphatic rings. The van der Waals surface area contributed by atoms with Gasteiger partial charge in [0, 0.05) is 0 Å². The van der Waals surface area contributed by atoms with Crippen LogP contribution in [0.3, 0.4) is 0 Å². The number of fused-ring (bicyclic) bond motifs is 2. The molecule has 2 aromatic carbocycles. The summed E-state index contributed by atoms with van der Waals surface area (Å²) in [6.07, 6.45) is 11.9. The predicted molar refractivity (Wildman–Crippen MR) is 127 cm³/mol.